The SMILES string of the molecule is O=C(NC1CN2CC[C@H]1C2)c1ncc(Cl)cn1. The number of carbonyl (C=O) groups excluding carboxylic acids is 1. The summed E-state index contributed by atoms with van der Waals surface area (Å²) in [6.07, 6.45) is 4.05. The van der Waals surface area contributed by atoms with Crippen LogP contribution in [0.15, 0.2) is 12.4 Å². The summed E-state index contributed by atoms with van der Waals surface area (Å²) in [5.74, 6) is 0.568. The van der Waals surface area contributed by atoms with Crippen molar-refractivity contribution < 1.29 is 4.79 Å². The van der Waals surface area contributed by atoms with E-state index in [0.29, 0.717) is 10.9 Å². The first-order chi connectivity index (χ1) is 8.22. The topological polar surface area (TPSA) is 58.1 Å². The molecule has 0 spiro atoms. The van der Waals surface area contributed by atoms with Crippen LogP contribution in [0.1, 0.15) is 17.0 Å². The van der Waals surface area contributed by atoms with Crippen LogP contribution in [0.2, 0.25) is 5.02 Å². The highest BCUT2D eigenvalue weighted by atomic mass is 35.5. The van der Waals surface area contributed by atoms with E-state index in [-0.39, 0.29) is 17.8 Å². The Bertz CT molecular complexity index is 436. The maximum absolute atomic E-state index is 11.9. The van der Waals surface area contributed by atoms with Gasteiger partial charge in [-0.1, -0.05) is 11.6 Å². The van der Waals surface area contributed by atoms with E-state index in [0.717, 1.165) is 19.6 Å². The summed E-state index contributed by atoms with van der Waals surface area (Å²) in [7, 11) is 0. The van der Waals surface area contributed by atoms with E-state index in [1.54, 1.807) is 0 Å². The molecule has 6 heteroatoms. The lowest BCUT2D eigenvalue weighted by atomic mass is 10.00. The van der Waals surface area contributed by atoms with Gasteiger partial charge >= 0.3 is 0 Å². The van der Waals surface area contributed by atoms with Crippen molar-refractivity contribution in [1.29, 1.82) is 0 Å². The number of carbonyl (C=O) groups is 1. The number of nitrogens with zero attached hydrogens (tertiary/aromatic N) is 3. The van der Waals surface area contributed by atoms with E-state index in [1.165, 1.54) is 18.8 Å². The Hall–Kier alpha value is -1.20. The largest absolute Gasteiger partial charge is 0.345 e. The number of amides is 1. The van der Waals surface area contributed by atoms with Crippen molar-refractivity contribution in [3.8, 4) is 0 Å². The number of fused-ring (bicyclic) bond motifs is 2. The van der Waals surface area contributed by atoms with Gasteiger partial charge in [0.05, 0.1) is 5.02 Å². The van der Waals surface area contributed by atoms with Gasteiger partial charge in [-0.15, -0.1) is 0 Å². The molecule has 0 radical (unpaired) electrons. The zero-order valence-electron chi connectivity index (χ0n) is 9.27. The third kappa shape index (κ3) is 2.12. The van der Waals surface area contributed by atoms with Crippen molar-refractivity contribution in [3.05, 3.63) is 23.2 Å². The van der Waals surface area contributed by atoms with Gasteiger partial charge in [0.1, 0.15) is 0 Å². The highest BCUT2D eigenvalue weighted by Gasteiger charge is 2.38. The predicted molar refractivity (Wildman–Crippen MR) is 62.8 cm³/mol. The monoisotopic (exact) mass is 252 g/mol. The lowest BCUT2D eigenvalue weighted by Gasteiger charge is -2.22. The second kappa shape index (κ2) is 4.23. The van der Waals surface area contributed by atoms with Gasteiger partial charge in [-0.2, -0.15) is 0 Å². The summed E-state index contributed by atoms with van der Waals surface area (Å²) in [5.41, 5.74) is 0. The molecule has 2 aliphatic rings. The maximum atomic E-state index is 11.9. The van der Waals surface area contributed by atoms with E-state index in [2.05, 4.69) is 20.2 Å². The third-order valence-electron chi connectivity index (χ3n) is 3.47. The van der Waals surface area contributed by atoms with Crippen LogP contribution >= 0.6 is 11.6 Å². The van der Waals surface area contributed by atoms with E-state index < -0.39 is 0 Å². The van der Waals surface area contributed by atoms with Gasteiger partial charge in [0.15, 0.2) is 0 Å². The van der Waals surface area contributed by atoms with Gasteiger partial charge < -0.3 is 10.2 Å². The first-order valence-corrected chi connectivity index (χ1v) is 6.11. The minimum atomic E-state index is -0.208. The molecule has 2 unspecified atom stereocenters. The van der Waals surface area contributed by atoms with Crippen molar-refractivity contribution in [2.75, 3.05) is 19.6 Å². The smallest absolute Gasteiger partial charge is 0.289 e. The van der Waals surface area contributed by atoms with Gasteiger partial charge in [0.25, 0.3) is 5.91 Å². The lowest BCUT2D eigenvalue weighted by molar-refractivity contribution is 0.0913. The number of nitrogens with one attached hydrogen (secondary N) is 1. The first-order valence-electron chi connectivity index (χ1n) is 5.73. The van der Waals surface area contributed by atoms with E-state index in [4.69, 9.17) is 11.6 Å². The number of hydrogen-bond donors (Lipinski definition) is 1. The molecule has 0 aromatic carbocycles. The number of piperidine rings is 1. The zero-order valence-corrected chi connectivity index (χ0v) is 10.0. The molecule has 2 bridgehead atoms. The highest BCUT2D eigenvalue weighted by molar-refractivity contribution is 6.30. The van der Waals surface area contributed by atoms with E-state index in [1.807, 2.05) is 0 Å². The molecule has 0 aliphatic carbocycles. The summed E-state index contributed by atoms with van der Waals surface area (Å²) >= 11 is 5.67. The minimum Gasteiger partial charge on any atom is -0.345 e. The van der Waals surface area contributed by atoms with Crippen molar-refractivity contribution >= 4 is 17.5 Å². The van der Waals surface area contributed by atoms with Crippen molar-refractivity contribution in [3.63, 3.8) is 0 Å². The van der Waals surface area contributed by atoms with Crippen molar-refractivity contribution in [2.24, 2.45) is 5.92 Å². The normalized spacial score (nSPS) is 30.5. The van der Waals surface area contributed by atoms with Crippen LogP contribution in [0.4, 0.5) is 0 Å². The standard InChI is InChI=1S/C11H13ClN4O/c12-8-3-13-10(14-4-8)11(17)15-9-6-16-2-1-7(9)5-16/h3-4,7,9H,1-2,5-6H2,(H,15,17)/t7-,9?/m0/s1. The Kier molecular flexibility index (Phi) is 2.72. The van der Waals surface area contributed by atoms with Gasteiger partial charge in [0.2, 0.25) is 5.82 Å². The molecule has 2 aliphatic heterocycles. The summed E-state index contributed by atoms with van der Waals surface area (Å²) in [6, 6.07) is 0.246. The molecule has 1 aromatic heterocycles. The molecule has 3 rings (SSSR count). The summed E-state index contributed by atoms with van der Waals surface area (Å²) in [4.78, 5) is 22.1. The molecule has 3 heterocycles. The van der Waals surface area contributed by atoms with Gasteiger partial charge in [-0.05, 0) is 18.9 Å². The second-order valence-electron chi connectivity index (χ2n) is 4.61. The van der Waals surface area contributed by atoms with Crippen LogP contribution < -0.4 is 5.32 Å². The fourth-order valence-electron chi connectivity index (χ4n) is 2.61. The molecular weight excluding hydrogens is 240 g/mol. The van der Waals surface area contributed by atoms with Crippen LogP contribution in [0.25, 0.3) is 0 Å². The molecule has 0 saturated carbocycles. The minimum absolute atomic E-state index is 0.187. The van der Waals surface area contributed by atoms with E-state index >= 15 is 0 Å². The van der Waals surface area contributed by atoms with Gasteiger partial charge in [0, 0.05) is 31.5 Å². The first kappa shape index (κ1) is 10.9. The highest BCUT2D eigenvalue weighted by Crippen LogP contribution is 2.27. The summed E-state index contributed by atoms with van der Waals surface area (Å²) in [6.45, 7) is 3.21. The molecular formula is C11H13ClN4O. The Morgan fingerprint density at radius 3 is 2.76 bits per heavy atom. The van der Waals surface area contributed by atoms with Crippen molar-refractivity contribution in [2.45, 2.75) is 12.5 Å². The Balaban J connectivity index is 1.65. The Labute approximate surface area is 104 Å². The van der Waals surface area contributed by atoms with Crippen LogP contribution in [0.3, 0.4) is 0 Å². The maximum Gasteiger partial charge on any atom is 0.289 e. The average Bonchev–Trinajstić information content (AvgIpc) is 2.91. The molecule has 90 valence electrons. The predicted octanol–water partition coefficient (Wildman–Crippen LogP) is 0.564. The Morgan fingerprint density at radius 1 is 1.41 bits per heavy atom. The number of hydrogen-bond acceptors (Lipinski definition) is 4. The quantitative estimate of drug-likeness (QED) is 0.836. The fourth-order valence-corrected chi connectivity index (χ4v) is 2.71. The summed E-state index contributed by atoms with van der Waals surface area (Å²) in [5, 5.41) is 3.43. The molecule has 17 heavy (non-hydrogen) atoms. The zero-order chi connectivity index (χ0) is 11.8. The Morgan fingerprint density at radius 2 is 2.18 bits per heavy atom. The average molecular weight is 253 g/mol. The fraction of sp³-hybridized carbons (Fsp3) is 0.545. The van der Waals surface area contributed by atoms with Gasteiger partial charge in [-0.25, -0.2) is 9.97 Å². The summed E-state index contributed by atoms with van der Waals surface area (Å²) < 4.78 is 0. The van der Waals surface area contributed by atoms with Crippen molar-refractivity contribution in [1.82, 2.24) is 20.2 Å². The molecule has 2 fully saturated rings. The molecule has 2 saturated heterocycles. The van der Waals surface area contributed by atoms with Gasteiger partial charge in [-0.3, -0.25) is 4.79 Å². The van der Waals surface area contributed by atoms with Crippen LogP contribution in [-0.4, -0.2) is 46.5 Å². The van der Waals surface area contributed by atoms with Crippen LogP contribution in [0, 0.1) is 5.92 Å². The van der Waals surface area contributed by atoms with Crippen LogP contribution in [0.5, 0.6) is 0 Å². The number of halogens is 1. The van der Waals surface area contributed by atoms with E-state index in [9.17, 15) is 4.79 Å². The third-order valence-corrected chi connectivity index (χ3v) is 3.67. The molecule has 1 amide bonds. The molecule has 3 atom stereocenters. The second-order valence-corrected chi connectivity index (χ2v) is 5.05. The number of rotatable bonds is 2. The van der Waals surface area contributed by atoms with Crippen LogP contribution in [-0.2, 0) is 0 Å². The molecule has 1 aromatic rings. The number of aromatic nitrogens is 2. The molecule has 5 nitrogen and oxygen atoms in total. The lowest BCUT2D eigenvalue weighted by Crippen LogP contribution is -2.43. The molecule has 1 N–H and O–H groups in total.